The Balaban J connectivity index is 1.22. The molecule has 1 aromatic heterocycles. The predicted octanol–water partition coefficient (Wildman–Crippen LogP) is 9.95. The largest absolute Gasteiger partial charge is 0.492 e. The highest BCUT2D eigenvalue weighted by Crippen LogP contribution is 2.38. The number of nitrogens with zero attached hydrogens (tertiary/aromatic N) is 1. The maximum Gasteiger partial charge on any atom is 0.137 e. The summed E-state index contributed by atoms with van der Waals surface area (Å²) in [6.07, 6.45) is 30.1. The molecule has 0 N–H and O–H groups in total. The summed E-state index contributed by atoms with van der Waals surface area (Å²) in [6.45, 7) is 5.42. The average Bonchev–Trinajstić information content (AvgIpc) is 2.89. The van der Waals surface area contributed by atoms with Crippen LogP contribution >= 0.6 is 0 Å². The van der Waals surface area contributed by atoms with Gasteiger partial charge in [-0.15, -0.1) is 0 Å². The van der Waals surface area contributed by atoms with Crippen LogP contribution in [0.3, 0.4) is 0 Å². The van der Waals surface area contributed by atoms with Crippen molar-refractivity contribution in [3.05, 3.63) is 24.0 Å². The van der Waals surface area contributed by atoms with Crippen molar-refractivity contribution >= 4 is 0 Å². The van der Waals surface area contributed by atoms with Crippen LogP contribution in [0.25, 0.3) is 0 Å². The Morgan fingerprint density at radius 1 is 0.647 bits per heavy atom. The fourth-order valence-electron chi connectivity index (χ4n) is 6.47. The second kappa shape index (κ2) is 16.6. The van der Waals surface area contributed by atoms with Gasteiger partial charge in [0.25, 0.3) is 0 Å². The van der Waals surface area contributed by atoms with Crippen molar-refractivity contribution in [1.82, 2.24) is 4.98 Å². The maximum atomic E-state index is 5.87. The molecule has 0 aliphatic heterocycles. The van der Waals surface area contributed by atoms with Gasteiger partial charge in [0.1, 0.15) is 5.75 Å². The Morgan fingerprint density at radius 3 is 1.76 bits per heavy atom. The molecule has 0 bridgehead atoms. The Bertz CT molecular complexity index is 610. The van der Waals surface area contributed by atoms with Crippen molar-refractivity contribution in [1.29, 1.82) is 0 Å². The van der Waals surface area contributed by atoms with E-state index < -0.39 is 0 Å². The highest BCUT2D eigenvalue weighted by Gasteiger charge is 2.24. The topological polar surface area (TPSA) is 22.1 Å². The minimum Gasteiger partial charge on any atom is -0.492 e. The van der Waals surface area contributed by atoms with Gasteiger partial charge >= 0.3 is 0 Å². The standard InChI is InChI=1S/C32H55NO/c1-3-5-7-8-9-25-34-32-24-23-31(33-26-32)22-21-30-19-17-29(18-20-30)16-15-28-13-11-27(12-14-28)10-6-4-2/h23-24,26-30H,3-22,25H2,1-2H3/t27-,28-,29-,30-. The second-order valence-corrected chi connectivity index (χ2v) is 11.8. The summed E-state index contributed by atoms with van der Waals surface area (Å²) in [5.74, 6) is 4.99. The molecule has 0 spiro atoms. The molecule has 0 atom stereocenters. The highest BCUT2D eigenvalue weighted by molar-refractivity contribution is 5.19. The molecule has 0 radical (unpaired) electrons. The maximum absolute atomic E-state index is 5.87. The third-order valence-corrected chi connectivity index (χ3v) is 9.00. The lowest BCUT2D eigenvalue weighted by Gasteiger charge is -2.32. The molecule has 1 heterocycles. The molecular formula is C32H55NO. The summed E-state index contributed by atoms with van der Waals surface area (Å²) < 4.78 is 5.87. The molecule has 2 saturated carbocycles. The Morgan fingerprint density at radius 2 is 1.21 bits per heavy atom. The Kier molecular flexibility index (Phi) is 13.4. The molecular weight excluding hydrogens is 414 g/mol. The van der Waals surface area contributed by atoms with E-state index in [1.54, 1.807) is 0 Å². The highest BCUT2D eigenvalue weighted by atomic mass is 16.5. The van der Waals surface area contributed by atoms with Gasteiger partial charge in [0, 0.05) is 5.69 Å². The van der Waals surface area contributed by atoms with Gasteiger partial charge in [-0.05, 0) is 55.1 Å². The van der Waals surface area contributed by atoms with Crippen LogP contribution in [0, 0.1) is 23.7 Å². The molecule has 1 aromatic rings. The van der Waals surface area contributed by atoms with E-state index in [0.717, 1.165) is 48.9 Å². The zero-order valence-electron chi connectivity index (χ0n) is 22.7. The van der Waals surface area contributed by atoms with Crippen molar-refractivity contribution in [2.45, 2.75) is 142 Å². The van der Waals surface area contributed by atoms with Crippen molar-refractivity contribution in [2.75, 3.05) is 6.61 Å². The monoisotopic (exact) mass is 469 g/mol. The van der Waals surface area contributed by atoms with Crippen molar-refractivity contribution in [2.24, 2.45) is 23.7 Å². The van der Waals surface area contributed by atoms with Crippen molar-refractivity contribution in [3.8, 4) is 5.75 Å². The molecule has 2 nitrogen and oxygen atoms in total. The minimum absolute atomic E-state index is 0.828. The summed E-state index contributed by atoms with van der Waals surface area (Å²) >= 11 is 0. The van der Waals surface area contributed by atoms with Gasteiger partial charge in [-0.1, -0.05) is 123 Å². The number of aryl methyl sites for hydroxylation is 1. The zero-order chi connectivity index (χ0) is 23.8. The number of rotatable bonds is 16. The summed E-state index contributed by atoms with van der Waals surface area (Å²) in [5.41, 5.74) is 1.24. The van der Waals surface area contributed by atoms with Crippen LogP contribution in [0.15, 0.2) is 18.3 Å². The molecule has 3 rings (SSSR count). The first-order chi connectivity index (χ1) is 16.8. The first-order valence-electron chi connectivity index (χ1n) is 15.3. The molecule has 194 valence electrons. The van der Waals surface area contributed by atoms with Gasteiger partial charge in [-0.25, -0.2) is 0 Å². The lowest BCUT2D eigenvalue weighted by molar-refractivity contribution is 0.208. The van der Waals surface area contributed by atoms with E-state index in [4.69, 9.17) is 4.74 Å². The van der Waals surface area contributed by atoms with Crippen LogP contribution in [0.5, 0.6) is 5.75 Å². The third kappa shape index (κ3) is 10.7. The molecule has 0 amide bonds. The van der Waals surface area contributed by atoms with Gasteiger partial charge in [-0.3, -0.25) is 4.98 Å². The van der Waals surface area contributed by atoms with E-state index in [9.17, 15) is 0 Å². The van der Waals surface area contributed by atoms with Crippen LogP contribution in [0.1, 0.15) is 142 Å². The number of aromatic nitrogens is 1. The van der Waals surface area contributed by atoms with Crippen LogP contribution in [-0.4, -0.2) is 11.6 Å². The van der Waals surface area contributed by atoms with E-state index >= 15 is 0 Å². The molecule has 2 fully saturated rings. The van der Waals surface area contributed by atoms with Gasteiger partial charge < -0.3 is 4.74 Å². The van der Waals surface area contributed by atoms with Crippen molar-refractivity contribution in [3.63, 3.8) is 0 Å². The van der Waals surface area contributed by atoms with Crippen LogP contribution in [0.2, 0.25) is 0 Å². The Labute approximate surface area is 212 Å². The van der Waals surface area contributed by atoms with Crippen molar-refractivity contribution < 1.29 is 4.74 Å². The minimum atomic E-state index is 0.828. The lowest BCUT2D eigenvalue weighted by Crippen LogP contribution is -2.18. The fraction of sp³-hybridized carbons (Fsp3) is 0.844. The third-order valence-electron chi connectivity index (χ3n) is 9.00. The quantitative estimate of drug-likeness (QED) is 0.225. The summed E-state index contributed by atoms with van der Waals surface area (Å²) in [6, 6.07) is 4.32. The van der Waals surface area contributed by atoms with Gasteiger partial charge in [0.15, 0.2) is 0 Å². The van der Waals surface area contributed by atoms with Crippen LogP contribution in [-0.2, 0) is 6.42 Å². The summed E-state index contributed by atoms with van der Waals surface area (Å²) in [4.78, 5) is 4.68. The zero-order valence-corrected chi connectivity index (χ0v) is 22.7. The first-order valence-corrected chi connectivity index (χ1v) is 15.3. The predicted molar refractivity (Wildman–Crippen MR) is 146 cm³/mol. The SMILES string of the molecule is CCCCCCCOc1ccc(CC[C@H]2CC[C@H](CC[C@H]3CC[C@H](CCCC)CC3)CC2)nc1. The summed E-state index contributed by atoms with van der Waals surface area (Å²) in [5, 5.41) is 0. The van der Waals surface area contributed by atoms with Crippen LogP contribution < -0.4 is 4.74 Å². The van der Waals surface area contributed by atoms with E-state index in [-0.39, 0.29) is 0 Å². The molecule has 2 aliphatic carbocycles. The van der Waals surface area contributed by atoms with E-state index in [1.807, 2.05) is 6.20 Å². The lowest BCUT2D eigenvalue weighted by atomic mass is 9.74. The molecule has 0 aromatic carbocycles. The molecule has 0 saturated heterocycles. The second-order valence-electron chi connectivity index (χ2n) is 11.8. The first kappa shape index (κ1) is 27.5. The van der Waals surface area contributed by atoms with E-state index in [0.29, 0.717) is 0 Å². The van der Waals surface area contributed by atoms with Crippen LogP contribution in [0.4, 0.5) is 0 Å². The average molecular weight is 470 g/mol. The molecule has 2 aliphatic rings. The number of pyridine rings is 1. The van der Waals surface area contributed by atoms with Gasteiger partial charge in [-0.2, -0.15) is 0 Å². The van der Waals surface area contributed by atoms with E-state index in [1.165, 1.54) is 121 Å². The normalized spacial score (nSPS) is 25.4. The van der Waals surface area contributed by atoms with Gasteiger partial charge in [0.05, 0.1) is 12.8 Å². The summed E-state index contributed by atoms with van der Waals surface area (Å²) in [7, 11) is 0. The number of hydrogen-bond donors (Lipinski definition) is 0. The molecule has 0 unspecified atom stereocenters. The smallest absolute Gasteiger partial charge is 0.137 e. The van der Waals surface area contributed by atoms with E-state index in [2.05, 4.69) is 31.0 Å². The molecule has 2 heteroatoms. The van der Waals surface area contributed by atoms with Gasteiger partial charge in [0.2, 0.25) is 0 Å². The fourth-order valence-corrected chi connectivity index (χ4v) is 6.47. The molecule has 34 heavy (non-hydrogen) atoms. The number of hydrogen-bond acceptors (Lipinski definition) is 2. The Hall–Kier alpha value is -1.05. The number of ether oxygens (including phenoxy) is 1. The number of unbranched alkanes of at least 4 members (excludes halogenated alkanes) is 5.